The lowest BCUT2D eigenvalue weighted by molar-refractivity contribution is -0.121. The Kier molecular flexibility index (Phi) is 9.78. The Morgan fingerprint density at radius 3 is 2.76 bits per heavy atom. The van der Waals surface area contributed by atoms with Gasteiger partial charge in [0, 0.05) is 19.5 Å². The van der Waals surface area contributed by atoms with E-state index in [1.54, 1.807) is 6.33 Å². The van der Waals surface area contributed by atoms with Crippen LogP contribution in [-0.2, 0) is 11.3 Å². The van der Waals surface area contributed by atoms with Gasteiger partial charge >= 0.3 is 0 Å². The van der Waals surface area contributed by atoms with E-state index in [1.807, 2.05) is 35.9 Å². The van der Waals surface area contributed by atoms with E-state index in [9.17, 15) is 4.79 Å². The van der Waals surface area contributed by atoms with Crippen molar-refractivity contribution in [3.05, 3.63) is 30.6 Å². The second-order valence-electron chi connectivity index (χ2n) is 4.48. The van der Waals surface area contributed by atoms with Crippen LogP contribution in [0.4, 0.5) is 0 Å². The summed E-state index contributed by atoms with van der Waals surface area (Å²) < 4.78 is 2.02. The minimum atomic E-state index is 0. The Labute approximate surface area is 137 Å². The average Bonchev–Trinajstić information content (AvgIpc) is 2.85. The molecule has 5 nitrogen and oxygen atoms in total. The summed E-state index contributed by atoms with van der Waals surface area (Å²) in [5.74, 6) is 0.0916. The van der Waals surface area contributed by atoms with E-state index < -0.39 is 0 Å². The highest BCUT2D eigenvalue weighted by Crippen LogP contribution is 2.11. The lowest BCUT2D eigenvalue weighted by Crippen LogP contribution is -2.27. The van der Waals surface area contributed by atoms with Crippen molar-refractivity contribution in [3.8, 4) is 0 Å². The van der Waals surface area contributed by atoms with Crippen LogP contribution in [0.25, 0.3) is 11.0 Å². The molecule has 21 heavy (non-hydrogen) atoms. The van der Waals surface area contributed by atoms with Crippen molar-refractivity contribution in [2.45, 2.75) is 19.4 Å². The van der Waals surface area contributed by atoms with Crippen LogP contribution in [0.1, 0.15) is 12.8 Å². The number of amides is 1. The standard InChI is InChI=1S/C14H20N4O.2ClH/c1-15-8-4-9-16-14(19)7-10-18-11-17-12-5-2-3-6-13(12)18;;/h2-3,5-6,11,15H,4,7-10H2,1H3,(H,16,19);2*1H. The summed E-state index contributed by atoms with van der Waals surface area (Å²) in [5, 5.41) is 5.97. The molecule has 1 aromatic heterocycles. The van der Waals surface area contributed by atoms with Crippen LogP contribution in [0, 0.1) is 0 Å². The third-order valence-corrected chi connectivity index (χ3v) is 3.03. The molecule has 0 aliphatic heterocycles. The van der Waals surface area contributed by atoms with E-state index in [4.69, 9.17) is 0 Å². The summed E-state index contributed by atoms with van der Waals surface area (Å²) in [6.07, 6.45) is 3.23. The van der Waals surface area contributed by atoms with Crippen molar-refractivity contribution in [2.24, 2.45) is 0 Å². The number of para-hydroxylation sites is 2. The molecule has 118 valence electrons. The van der Waals surface area contributed by atoms with Gasteiger partial charge in [0.1, 0.15) is 0 Å². The highest BCUT2D eigenvalue weighted by atomic mass is 35.5. The van der Waals surface area contributed by atoms with Gasteiger partial charge in [-0.1, -0.05) is 12.1 Å². The highest BCUT2D eigenvalue weighted by Gasteiger charge is 2.04. The predicted molar refractivity (Wildman–Crippen MR) is 90.4 cm³/mol. The topological polar surface area (TPSA) is 58.9 Å². The zero-order valence-electron chi connectivity index (χ0n) is 12.0. The van der Waals surface area contributed by atoms with Crippen LogP contribution in [0.15, 0.2) is 30.6 Å². The number of halogens is 2. The highest BCUT2D eigenvalue weighted by molar-refractivity contribution is 5.85. The van der Waals surface area contributed by atoms with Gasteiger partial charge in [-0.25, -0.2) is 4.98 Å². The summed E-state index contributed by atoms with van der Waals surface area (Å²) in [7, 11) is 1.91. The van der Waals surface area contributed by atoms with Gasteiger partial charge < -0.3 is 15.2 Å². The lowest BCUT2D eigenvalue weighted by atomic mass is 10.3. The predicted octanol–water partition coefficient (Wildman–Crippen LogP) is 2.00. The molecule has 0 atom stereocenters. The van der Waals surface area contributed by atoms with E-state index >= 15 is 0 Å². The SMILES string of the molecule is CNCCCNC(=O)CCn1cnc2ccccc21.Cl.Cl. The minimum Gasteiger partial charge on any atom is -0.356 e. The van der Waals surface area contributed by atoms with Crippen molar-refractivity contribution in [1.82, 2.24) is 20.2 Å². The molecule has 1 aromatic carbocycles. The first kappa shape index (κ1) is 19.7. The lowest BCUT2D eigenvalue weighted by Gasteiger charge is -2.06. The van der Waals surface area contributed by atoms with Gasteiger partial charge in [-0.15, -0.1) is 24.8 Å². The molecule has 0 fully saturated rings. The zero-order valence-corrected chi connectivity index (χ0v) is 13.7. The molecular formula is C14H22Cl2N4O. The third kappa shape index (κ3) is 5.91. The Bertz CT molecular complexity index is 545. The molecule has 7 heteroatoms. The fraction of sp³-hybridized carbons (Fsp3) is 0.429. The van der Waals surface area contributed by atoms with Crippen molar-refractivity contribution in [3.63, 3.8) is 0 Å². The van der Waals surface area contributed by atoms with E-state index in [0.717, 1.165) is 30.5 Å². The molecule has 1 amide bonds. The van der Waals surface area contributed by atoms with Gasteiger partial charge in [0.2, 0.25) is 5.91 Å². The van der Waals surface area contributed by atoms with E-state index in [-0.39, 0.29) is 30.7 Å². The first-order valence-corrected chi connectivity index (χ1v) is 6.62. The Balaban J connectivity index is 0.00000200. The van der Waals surface area contributed by atoms with Gasteiger partial charge in [0.25, 0.3) is 0 Å². The van der Waals surface area contributed by atoms with Crippen LogP contribution < -0.4 is 10.6 Å². The van der Waals surface area contributed by atoms with Crippen LogP contribution in [0.2, 0.25) is 0 Å². The van der Waals surface area contributed by atoms with Crippen molar-refractivity contribution >= 4 is 41.8 Å². The van der Waals surface area contributed by atoms with Gasteiger partial charge in [-0.2, -0.15) is 0 Å². The largest absolute Gasteiger partial charge is 0.356 e. The fourth-order valence-electron chi connectivity index (χ4n) is 1.99. The minimum absolute atomic E-state index is 0. The van der Waals surface area contributed by atoms with Crippen LogP contribution >= 0.6 is 24.8 Å². The summed E-state index contributed by atoms with van der Waals surface area (Å²) in [4.78, 5) is 16.0. The molecule has 2 N–H and O–H groups in total. The molecule has 0 bridgehead atoms. The number of carbonyl (C=O) groups excluding carboxylic acids is 1. The average molecular weight is 333 g/mol. The molecule has 0 saturated heterocycles. The molecule has 0 radical (unpaired) electrons. The van der Waals surface area contributed by atoms with E-state index in [0.29, 0.717) is 13.0 Å². The quantitative estimate of drug-likeness (QED) is 0.762. The van der Waals surface area contributed by atoms with Crippen molar-refractivity contribution < 1.29 is 4.79 Å². The first-order chi connectivity index (χ1) is 9.31. The number of rotatable bonds is 7. The fourth-order valence-corrected chi connectivity index (χ4v) is 1.99. The number of aromatic nitrogens is 2. The molecule has 0 aliphatic carbocycles. The molecule has 0 aliphatic rings. The Morgan fingerprint density at radius 1 is 1.24 bits per heavy atom. The summed E-state index contributed by atoms with van der Waals surface area (Å²) in [5.41, 5.74) is 2.04. The normalized spacial score (nSPS) is 9.76. The summed E-state index contributed by atoms with van der Waals surface area (Å²) >= 11 is 0. The molecule has 1 heterocycles. The van der Waals surface area contributed by atoms with Gasteiger partial charge in [-0.3, -0.25) is 4.79 Å². The monoisotopic (exact) mass is 332 g/mol. The van der Waals surface area contributed by atoms with Gasteiger partial charge in [-0.05, 0) is 32.1 Å². The van der Waals surface area contributed by atoms with Gasteiger partial charge in [0.05, 0.1) is 17.4 Å². The van der Waals surface area contributed by atoms with Crippen molar-refractivity contribution in [2.75, 3.05) is 20.1 Å². The second-order valence-corrected chi connectivity index (χ2v) is 4.48. The number of nitrogens with one attached hydrogen (secondary N) is 2. The van der Waals surface area contributed by atoms with Crippen LogP contribution in [-0.4, -0.2) is 35.6 Å². The number of imidazole rings is 1. The summed E-state index contributed by atoms with van der Waals surface area (Å²) in [6.45, 7) is 2.31. The van der Waals surface area contributed by atoms with Crippen LogP contribution in [0.5, 0.6) is 0 Å². The maximum atomic E-state index is 11.7. The number of hydrogen-bond acceptors (Lipinski definition) is 3. The van der Waals surface area contributed by atoms with Crippen molar-refractivity contribution in [1.29, 1.82) is 0 Å². The zero-order chi connectivity index (χ0) is 13.5. The van der Waals surface area contributed by atoms with Gasteiger partial charge in [0.15, 0.2) is 0 Å². The molecule has 2 rings (SSSR count). The first-order valence-electron chi connectivity index (χ1n) is 6.62. The summed E-state index contributed by atoms with van der Waals surface area (Å²) in [6, 6.07) is 7.95. The number of hydrogen-bond donors (Lipinski definition) is 2. The maximum Gasteiger partial charge on any atom is 0.221 e. The molecule has 0 saturated carbocycles. The number of nitrogens with zero attached hydrogens (tertiary/aromatic N) is 2. The Hall–Kier alpha value is -1.30. The second kappa shape index (κ2) is 10.4. The molecular weight excluding hydrogens is 311 g/mol. The number of aryl methyl sites for hydroxylation is 1. The number of benzene rings is 1. The van der Waals surface area contributed by atoms with E-state index in [1.165, 1.54) is 0 Å². The molecule has 0 unspecified atom stereocenters. The van der Waals surface area contributed by atoms with Crippen LogP contribution in [0.3, 0.4) is 0 Å². The molecule has 2 aromatic rings. The number of fused-ring (bicyclic) bond motifs is 1. The molecule has 0 spiro atoms. The third-order valence-electron chi connectivity index (χ3n) is 3.03. The number of carbonyl (C=O) groups is 1. The maximum absolute atomic E-state index is 11.7. The van der Waals surface area contributed by atoms with E-state index in [2.05, 4.69) is 15.6 Å². The Morgan fingerprint density at radius 2 is 2.00 bits per heavy atom. The smallest absolute Gasteiger partial charge is 0.221 e.